The average Bonchev–Trinajstić information content (AvgIpc) is 3.39. The van der Waals surface area contributed by atoms with E-state index in [2.05, 4.69) is 25.9 Å². The largest absolute Gasteiger partial charge is 0.508 e. The molecule has 4 unspecified atom stereocenters. The molecule has 3 amide bonds. The first kappa shape index (κ1) is 29.6. The summed E-state index contributed by atoms with van der Waals surface area (Å²) in [5, 5.41) is 35.8. The summed E-state index contributed by atoms with van der Waals surface area (Å²) < 4.78 is 0. The van der Waals surface area contributed by atoms with Crippen LogP contribution in [0, 0.1) is 0 Å². The van der Waals surface area contributed by atoms with Gasteiger partial charge in [0.25, 0.3) is 0 Å². The Bertz CT molecular complexity index is 1030. The first-order valence-corrected chi connectivity index (χ1v) is 12.8. The number of aromatic hydroxyl groups is 1. The number of aliphatic hydroxyl groups excluding tert-OH is 1. The lowest BCUT2D eigenvalue weighted by Crippen LogP contribution is -2.58. The lowest BCUT2D eigenvalue weighted by atomic mass is 10.0. The Labute approximate surface area is 217 Å². The fourth-order valence-electron chi connectivity index (χ4n) is 3.30. The first-order chi connectivity index (χ1) is 17.6. The van der Waals surface area contributed by atoms with Crippen molar-refractivity contribution >= 4 is 35.5 Å². The van der Waals surface area contributed by atoms with Gasteiger partial charge in [-0.15, -0.1) is 0 Å². The summed E-state index contributed by atoms with van der Waals surface area (Å²) in [7, 11) is 0. The van der Waals surface area contributed by atoms with E-state index in [0.717, 1.165) is 0 Å². The van der Waals surface area contributed by atoms with Gasteiger partial charge in [-0.05, 0) is 36.1 Å². The Kier molecular flexibility index (Phi) is 11.9. The standard InChI is InChI=1S/C23H32N6O7S/c1-37-7-6-17(21(33)29-19(23(35)36)8-13-2-4-15(31)5-3-13)27-22(34)18(9-14-10-25-12-26-14)28-20(32)16(24)11-30/h2-5,10,12,16-19,30-31H,6-9,11,24H2,1H3,(H,25,26)(H,27,34)(H,28,32)(H,29,33)(H,35,36). The van der Waals surface area contributed by atoms with Crippen molar-refractivity contribution in [2.24, 2.45) is 5.73 Å². The summed E-state index contributed by atoms with van der Waals surface area (Å²) in [6.07, 6.45) is 4.86. The van der Waals surface area contributed by atoms with Gasteiger partial charge in [-0.3, -0.25) is 14.4 Å². The highest BCUT2D eigenvalue weighted by atomic mass is 32.2. The summed E-state index contributed by atoms with van der Waals surface area (Å²) in [5.74, 6) is -2.91. The number of benzene rings is 1. The van der Waals surface area contributed by atoms with E-state index in [1.54, 1.807) is 12.1 Å². The van der Waals surface area contributed by atoms with E-state index in [0.29, 0.717) is 17.0 Å². The number of nitrogens with two attached hydrogens (primary N) is 1. The molecular formula is C23H32N6O7S. The van der Waals surface area contributed by atoms with Crippen LogP contribution < -0.4 is 21.7 Å². The molecule has 13 nitrogen and oxygen atoms in total. The van der Waals surface area contributed by atoms with Gasteiger partial charge >= 0.3 is 5.97 Å². The lowest BCUT2D eigenvalue weighted by Gasteiger charge is -2.25. The summed E-state index contributed by atoms with van der Waals surface area (Å²) >= 11 is 1.43. The molecule has 0 fully saturated rings. The van der Waals surface area contributed by atoms with Crippen LogP contribution in [0.2, 0.25) is 0 Å². The Morgan fingerprint density at radius 3 is 2.19 bits per heavy atom. The summed E-state index contributed by atoms with van der Waals surface area (Å²) in [4.78, 5) is 57.0. The number of carbonyl (C=O) groups excluding carboxylic acids is 3. The molecule has 0 bridgehead atoms. The molecule has 0 saturated heterocycles. The van der Waals surface area contributed by atoms with E-state index in [4.69, 9.17) is 10.8 Å². The number of hydrogen-bond donors (Lipinski definition) is 8. The second kappa shape index (κ2) is 14.8. The van der Waals surface area contributed by atoms with Crippen molar-refractivity contribution in [3.63, 3.8) is 0 Å². The number of carbonyl (C=O) groups is 4. The fraction of sp³-hybridized carbons (Fsp3) is 0.435. The van der Waals surface area contributed by atoms with Crippen LogP contribution in [0.1, 0.15) is 17.7 Å². The molecule has 1 heterocycles. The number of amides is 3. The normalized spacial score (nSPS) is 14.1. The number of rotatable bonds is 15. The zero-order valence-corrected chi connectivity index (χ0v) is 21.0. The number of imidazole rings is 1. The highest BCUT2D eigenvalue weighted by Crippen LogP contribution is 2.12. The van der Waals surface area contributed by atoms with Gasteiger partial charge in [-0.25, -0.2) is 9.78 Å². The molecule has 4 atom stereocenters. The number of phenols is 1. The van der Waals surface area contributed by atoms with E-state index < -0.39 is 54.5 Å². The highest BCUT2D eigenvalue weighted by Gasteiger charge is 2.30. The molecule has 0 aliphatic heterocycles. The van der Waals surface area contributed by atoms with Crippen LogP contribution >= 0.6 is 11.8 Å². The van der Waals surface area contributed by atoms with Crippen molar-refractivity contribution in [3.8, 4) is 5.75 Å². The molecule has 37 heavy (non-hydrogen) atoms. The van der Waals surface area contributed by atoms with Crippen LogP contribution in [-0.2, 0) is 32.0 Å². The van der Waals surface area contributed by atoms with Gasteiger partial charge in [0, 0.05) is 24.7 Å². The molecule has 14 heteroatoms. The Balaban J connectivity index is 2.16. The molecule has 0 saturated carbocycles. The van der Waals surface area contributed by atoms with E-state index in [1.165, 1.54) is 36.4 Å². The maximum absolute atomic E-state index is 13.1. The van der Waals surface area contributed by atoms with Crippen molar-refractivity contribution in [3.05, 3.63) is 48.0 Å². The Morgan fingerprint density at radius 1 is 1.00 bits per heavy atom. The predicted octanol–water partition coefficient (Wildman–Crippen LogP) is -1.49. The molecule has 9 N–H and O–H groups in total. The number of H-pyrrole nitrogens is 1. The topological polar surface area (TPSA) is 220 Å². The number of aliphatic carboxylic acids is 1. The molecule has 0 spiro atoms. The monoisotopic (exact) mass is 536 g/mol. The minimum absolute atomic E-state index is 0.00515. The SMILES string of the molecule is CSCCC(NC(=O)C(Cc1cnc[nH]1)NC(=O)C(N)CO)C(=O)NC(Cc1ccc(O)cc1)C(=O)O. The molecule has 2 aromatic rings. The number of hydrogen-bond acceptors (Lipinski definition) is 9. The van der Waals surface area contributed by atoms with E-state index in [-0.39, 0.29) is 25.0 Å². The van der Waals surface area contributed by atoms with Gasteiger partial charge in [0.05, 0.1) is 12.9 Å². The molecule has 0 aliphatic carbocycles. The summed E-state index contributed by atoms with van der Waals surface area (Å²) in [6.45, 7) is -0.624. The Hall–Kier alpha value is -3.62. The van der Waals surface area contributed by atoms with Crippen LogP contribution in [0.3, 0.4) is 0 Å². The van der Waals surface area contributed by atoms with Gasteiger partial charge in [-0.1, -0.05) is 12.1 Å². The number of carboxylic acid groups (broad SMARTS) is 1. The Morgan fingerprint density at radius 2 is 1.62 bits per heavy atom. The number of nitrogens with zero attached hydrogens (tertiary/aromatic N) is 1. The van der Waals surface area contributed by atoms with E-state index >= 15 is 0 Å². The van der Waals surface area contributed by atoms with Crippen LogP contribution in [0.25, 0.3) is 0 Å². The minimum atomic E-state index is -1.28. The van der Waals surface area contributed by atoms with Crippen molar-refractivity contribution in [2.45, 2.75) is 43.4 Å². The highest BCUT2D eigenvalue weighted by molar-refractivity contribution is 7.98. The summed E-state index contributed by atoms with van der Waals surface area (Å²) in [6, 6.07) is 1.14. The van der Waals surface area contributed by atoms with Crippen molar-refractivity contribution in [2.75, 3.05) is 18.6 Å². The number of aromatic nitrogens is 2. The zero-order chi connectivity index (χ0) is 27.4. The number of thioether (sulfide) groups is 1. The first-order valence-electron chi connectivity index (χ1n) is 11.4. The summed E-state index contributed by atoms with van der Waals surface area (Å²) in [5.41, 5.74) is 6.67. The number of nitrogens with one attached hydrogen (secondary N) is 4. The van der Waals surface area contributed by atoms with Gasteiger partial charge < -0.3 is 42.0 Å². The van der Waals surface area contributed by atoms with Crippen LogP contribution in [0.4, 0.5) is 0 Å². The molecule has 202 valence electrons. The van der Waals surface area contributed by atoms with Crippen LogP contribution in [-0.4, -0.2) is 91.8 Å². The van der Waals surface area contributed by atoms with Gasteiger partial charge in [-0.2, -0.15) is 11.8 Å². The fourth-order valence-corrected chi connectivity index (χ4v) is 3.78. The van der Waals surface area contributed by atoms with Gasteiger partial charge in [0.15, 0.2) is 0 Å². The van der Waals surface area contributed by atoms with Gasteiger partial charge in [0.2, 0.25) is 17.7 Å². The van der Waals surface area contributed by atoms with Gasteiger partial charge in [0.1, 0.15) is 29.9 Å². The quantitative estimate of drug-likeness (QED) is 0.132. The molecular weight excluding hydrogens is 504 g/mol. The molecule has 0 aliphatic rings. The van der Waals surface area contributed by atoms with Crippen molar-refractivity contribution in [1.82, 2.24) is 25.9 Å². The third-order valence-corrected chi connectivity index (χ3v) is 6.02. The van der Waals surface area contributed by atoms with E-state index in [9.17, 15) is 29.4 Å². The smallest absolute Gasteiger partial charge is 0.326 e. The number of phenolic OH excluding ortho intramolecular Hbond substituents is 1. The molecule has 0 radical (unpaired) electrons. The maximum Gasteiger partial charge on any atom is 0.326 e. The second-order valence-electron chi connectivity index (χ2n) is 8.24. The lowest BCUT2D eigenvalue weighted by molar-refractivity contribution is -0.142. The number of aliphatic hydroxyl groups is 1. The van der Waals surface area contributed by atoms with Crippen molar-refractivity contribution < 1.29 is 34.5 Å². The average molecular weight is 537 g/mol. The minimum Gasteiger partial charge on any atom is -0.508 e. The zero-order valence-electron chi connectivity index (χ0n) is 20.2. The van der Waals surface area contributed by atoms with Crippen LogP contribution in [0.15, 0.2) is 36.8 Å². The molecule has 1 aromatic heterocycles. The third-order valence-electron chi connectivity index (χ3n) is 5.38. The number of carboxylic acids is 1. The molecule has 1 aromatic carbocycles. The van der Waals surface area contributed by atoms with Crippen molar-refractivity contribution in [1.29, 1.82) is 0 Å². The third kappa shape index (κ3) is 9.74. The van der Waals surface area contributed by atoms with Crippen LogP contribution in [0.5, 0.6) is 5.75 Å². The van der Waals surface area contributed by atoms with E-state index in [1.807, 2.05) is 6.26 Å². The maximum atomic E-state index is 13.1. The second-order valence-corrected chi connectivity index (χ2v) is 9.23. The molecule has 2 rings (SSSR count). The predicted molar refractivity (Wildman–Crippen MR) is 136 cm³/mol. The number of aromatic amines is 1.